The fourth-order valence-corrected chi connectivity index (χ4v) is 2.12. The van der Waals surface area contributed by atoms with E-state index in [2.05, 4.69) is 0 Å². The van der Waals surface area contributed by atoms with Crippen molar-refractivity contribution < 1.29 is 14.4 Å². The second kappa shape index (κ2) is 4.48. The molecule has 0 fully saturated rings. The summed E-state index contributed by atoms with van der Waals surface area (Å²) in [5.74, 6) is 1.54. The number of aryl methyl sites for hydroxylation is 1. The molecule has 2 aromatic rings. The van der Waals surface area contributed by atoms with Gasteiger partial charge in [0.25, 0.3) is 0 Å². The molecular formula is C14H13BO3. The largest absolute Gasteiger partial charge is 0.491 e. The fraction of sp³-hybridized carbons (Fsp3) is 0.143. The molecule has 0 aromatic heterocycles. The Morgan fingerprint density at radius 1 is 1.22 bits per heavy atom. The van der Waals surface area contributed by atoms with Gasteiger partial charge in [0.2, 0.25) is 0 Å². The van der Waals surface area contributed by atoms with Gasteiger partial charge < -0.3 is 14.4 Å². The number of ether oxygens (including phenoxy) is 1. The number of rotatable bonds is 2. The Kier molecular flexibility index (Phi) is 2.82. The monoisotopic (exact) mass is 240 g/mol. The third kappa shape index (κ3) is 2.01. The lowest BCUT2D eigenvalue weighted by atomic mass is 9.79. The highest BCUT2D eigenvalue weighted by molar-refractivity contribution is 6.61. The van der Waals surface area contributed by atoms with E-state index in [1.165, 1.54) is 0 Å². The van der Waals surface area contributed by atoms with Crippen LogP contribution < -0.4 is 10.2 Å². The number of benzene rings is 2. The molecule has 0 saturated carbocycles. The van der Waals surface area contributed by atoms with E-state index in [1.807, 2.05) is 49.4 Å². The molecule has 0 spiro atoms. The van der Waals surface area contributed by atoms with Crippen molar-refractivity contribution in [1.82, 2.24) is 0 Å². The van der Waals surface area contributed by atoms with Crippen LogP contribution in [-0.4, -0.2) is 12.1 Å². The molecule has 18 heavy (non-hydrogen) atoms. The van der Waals surface area contributed by atoms with Crippen LogP contribution in [0.2, 0.25) is 0 Å². The minimum absolute atomic E-state index is 0.387. The summed E-state index contributed by atoms with van der Waals surface area (Å²) in [7, 11) is -0.832. The van der Waals surface area contributed by atoms with E-state index in [1.54, 1.807) is 0 Å². The summed E-state index contributed by atoms with van der Waals surface area (Å²) in [4.78, 5) is 0. The van der Waals surface area contributed by atoms with Crippen LogP contribution in [-0.2, 0) is 11.3 Å². The molecule has 1 aliphatic rings. The van der Waals surface area contributed by atoms with Gasteiger partial charge in [-0.3, -0.25) is 0 Å². The van der Waals surface area contributed by atoms with Crippen LogP contribution in [0.5, 0.6) is 11.5 Å². The first kappa shape index (κ1) is 11.3. The Labute approximate surface area is 106 Å². The second-order valence-electron chi connectivity index (χ2n) is 4.41. The second-order valence-corrected chi connectivity index (χ2v) is 4.41. The van der Waals surface area contributed by atoms with Crippen LogP contribution in [0.4, 0.5) is 0 Å². The maximum atomic E-state index is 9.64. The molecule has 2 aromatic carbocycles. The summed E-state index contributed by atoms with van der Waals surface area (Å²) in [6.07, 6.45) is 0. The van der Waals surface area contributed by atoms with Crippen molar-refractivity contribution in [3.8, 4) is 11.5 Å². The van der Waals surface area contributed by atoms with Gasteiger partial charge in [-0.2, -0.15) is 0 Å². The van der Waals surface area contributed by atoms with E-state index in [0.717, 1.165) is 28.1 Å². The molecular weight excluding hydrogens is 227 g/mol. The highest BCUT2D eigenvalue weighted by atomic mass is 16.5. The van der Waals surface area contributed by atoms with Crippen molar-refractivity contribution in [2.45, 2.75) is 13.5 Å². The summed E-state index contributed by atoms with van der Waals surface area (Å²) in [6, 6.07) is 13.5. The van der Waals surface area contributed by atoms with Crippen LogP contribution in [0.3, 0.4) is 0 Å². The average molecular weight is 240 g/mol. The first-order chi connectivity index (χ1) is 8.74. The zero-order valence-corrected chi connectivity index (χ0v) is 10.1. The summed E-state index contributed by atoms with van der Waals surface area (Å²) < 4.78 is 11.1. The predicted octanol–water partition coefficient (Wildman–Crippen LogP) is 2.01. The highest BCUT2D eigenvalue weighted by Crippen LogP contribution is 2.27. The normalized spacial score (nSPS) is 13.6. The molecule has 0 unspecified atom stereocenters. The SMILES string of the molecule is Cc1cccc(Oc2cccc3c2COB3O)c1. The van der Waals surface area contributed by atoms with E-state index in [4.69, 9.17) is 9.39 Å². The molecule has 1 N–H and O–H groups in total. The number of fused-ring (bicyclic) bond motifs is 1. The van der Waals surface area contributed by atoms with Gasteiger partial charge in [-0.15, -0.1) is 0 Å². The van der Waals surface area contributed by atoms with Crippen molar-refractivity contribution in [3.63, 3.8) is 0 Å². The van der Waals surface area contributed by atoms with Gasteiger partial charge in [-0.1, -0.05) is 24.3 Å². The first-order valence-electron chi connectivity index (χ1n) is 5.90. The molecule has 0 bridgehead atoms. The van der Waals surface area contributed by atoms with E-state index >= 15 is 0 Å². The van der Waals surface area contributed by atoms with Gasteiger partial charge >= 0.3 is 7.12 Å². The van der Waals surface area contributed by atoms with E-state index in [0.29, 0.717) is 6.61 Å². The molecule has 3 nitrogen and oxygen atoms in total. The maximum Gasteiger partial charge on any atom is 0.491 e. The standard InChI is InChI=1S/C14H13BO3/c1-10-4-2-5-11(8-10)18-14-7-3-6-13-12(14)9-17-15(13)16/h2-8,16H,9H2,1H3. The Morgan fingerprint density at radius 2 is 2.06 bits per heavy atom. The molecule has 0 amide bonds. The van der Waals surface area contributed by atoms with Crippen molar-refractivity contribution in [2.24, 2.45) is 0 Å². The minimum atomic E-state index is -0.832. The molecule has 0 aliphatic carbocycles. The molecule has 90 valence electrons. The topological polar surface area (TPSA) is 38.7 Å². The first-order valence-corrected chi connectivity index (χ1v) is 5.90. The Hall–Kier alpha value is -1.78. The third-order valence-electron chi connectivity index (χ3n) is 3.04. The molecule has 0 atom stereocenters. The van der Waals surface area contributed by atoms with Gasteiger partial charge in [-0.05, 0) is 36.1 Å². The zero-order chi connectivity index (χ0) is 12.5. The molecule has 3 rings (SSSR count). The molecule has 1 aliphatic heterocycles. The van der Waals surface area contributed by atoms with Gasteiger partial charge in [0, 0.05) is 5.56 Å². The summed E-state index contributed by atoms with van der Waals surface area (Å²) in [5.41, 5.74) is 2.86. The van der Waals surface area contributed by atoms with Gasteiger partial charge in [0.15, 0.2) is 0 Å². The number of hydrogen-bond acceptors (Lipinski definition) is 3. The van der Waals surface area contributed by atoms with Crippen LogP contribution >= 0.6 is 0 Å². The Bertz CT molecular complexity index is 583. The third-order valence-corrected chi connectivity index (χ3v) is 3.04. The molecule has 0 saturated heterocycles. The maximum absolute atomic E-state index is 9.64. The summed E-state index contributed by atoms with van der Waals surface area (Å²) >= 11 is 0. The fourth-order valence-electron chi connectivity index (χ4n) is 2.12. The van der Waals surface area contributed by atoms with E-state index < -0.39 is 7.12 Å². The Morgan fingerprint density at radius 3 is 2.89 bits per heavy atom. The lowest BCUT2D eigenvalue weighted by Crippen LogP contribution is -2.27. The quantitative estimate of drug-likeness (QED) is 0.816. The molecule has 4 heteroatoms. The van der Waals surface area contributed by atoms with Crippen LogP contribution in [0.15, 0.2) is 42.5 Å². The van der Waals surface area contributed by atoms with E-state index in [9.17, 15) is 5.02 Å². The molecule has 1 heterocycles. The van der Waals surface area contributed by atoms with Gasteiger partial charge in [-0.25, -0.2) is 0 Å². The van der Waals surface area contributed by atoms with E-state index in [-0.39, 0.29) is 0 Å². The highest BCUT2D eigenvalue weighted by Gasteiger charge is 2.29. The summed E-state index contributed by atoms with van der Waals surface area (Å²) in [6.45, 7) is 2.41. The van der Waals surface area contributed by atoms with Crippen molar-refractivity contribution in [2.75, 3.05) is 0 Å². The lowest BCUT2D eigenvalue weighted by Gasteiger charge is -2.10. The van der Waals surface area contributed by atoms with Crippen molar-refractivity contribution in [1.29, 1.82) is 0 Å². The predicted molar refractivity (Wildman–Crippen MR) is 70.1 cm³/mol. The molecule has 0 radical (unpaired) electrons. The van der Waals surface area contributed by atoms with Gasteiger partial charge in [0.05, 0.1) is 6.61 Å². The van der Waals surface area contributed by atoms with Crippen molar-refractivity contribution in [3.05, 3.63) is 53.6 Å². The van der Waals surface area contributed by atoms with Crippen LogP contribution in [0, 0.1) is 6.92 Å². The van der Waals surface area contributed by atoms with Gasteiger partial charge in [0.1, 0.15) is 11.5 Å². The minimum Gasteiger partial charge on any atom is -0.457 e. The Balaban J connectivity index is 1.95. The van der Waals surface area contributed by atoms with Crippen LogP contribution in [0.25, 0.3) is 0 Å². The average Bonchev–Trinajstić information content (AvgIpc) is 2.73. The number of hydrogen-bond donors (Lipinski definition) is 1. The smallest absolute Gasteiger partial charge is 0.457 e. The zero-order valence-electron chi connectivity index (χ0n) is 10.1. The van der Waals surface area contributed by atoms with Crippen molar-refractivity contribution >= 4 is 12.6 Å². The van der Waals surface area contributed by atoms with Crippen LogP contribution in [0.1, 0.15) is 11.1 Å². The summed E-state index contributed by atoms with van der Waals surface area (Å²) in [5, 5.41) is 9.64. The lowest BCUT2D eigenvalue weighted by molar-refractivity contribution is 0.272.